The van der Waals surface area contributed by atoms with Crippen LogP contribution in [0.5, 0.6) is 0 Å². The second-order valence-electron chi connectivity index (χ2n) is 3.91. The Bertz CT molecular complexity index is 546. The first-order valence-electron chi connectivity index (χ1n) is 5.87. The average molecular weight is 343 g/mol. The summed E-state index contributed by atoms with van der Waals surface area (Å²) in [5, 5.41) is 6.03. The predicted octanol–water partition coefficient (Wildman–Crippen LogP) is 3.25. The smallest absolute Gasteiger partial charge is 0.191 e. The summed E-state index contributed by atoms with van der Waals surface area (Å²) in [4.78, 5) is 13.4. The van der Waals surface area contributed by atoms with Gasteiger partial charge in [-0.25, -0.2) is 15.0 Å². The Balaban J connectivity index is 2.48. The fourth-order valence-corrected chi connectivity index (χ4v) is 2.72. The van der Waals surface area contributed by atoms with Gasteiger partial charge in [-0.05, 0) is 29.8 Å². The molecule has 0 unspecified atom stereocenters. The van der Waals surface area contributed by atoms with Crippen molar-refractivity contribution in [1.82, 2.24) is 15.0 Å². The van der Waals surface area contributed by atoms with Gasteiger partial charge in [-0.3, -0.25) is 0 Å². The summed E-state index contributed by atoms with van der Waals surface area (Å²) >= 11 is 5.05. The van der Waals surface area contributed by atoms with Gasteiger partial charge in [-0.2, -0.15) is 0 Å². The maximum absolute atomic E-state index is 5.17. The highest BCUT2D eigenvalue weighted by Crippen LogP contribution is 2.28. The molecule has 5 nitrogen and oxygen atoms in total. The summed E-state index contributed by atoms with van der Waals surface area (Å²) in [6.45, 7) is 5.20. The molecule has 1 N–H and O–H groups in total. The number of nitrogens with zero attached hydrogens (tertiary/aromatic N) is 3. The van der Waals surface area contributed by atoms with Crippen LogP contribution in [0.25, 0.3) is 10.8 Å². The summed E-state index contributed by atoms with van der Waals surface area (Å²) in [5.74, 6) is 1.40. The summed E-state index contributed by atoms with van der Waals surface area (Å²) in [5.41, 5.74) is 1.79. The molecule has 0 aromatic carbocycles. The average Bonchev–Trinajstić information content (AvgIpc) is 2.81. The molecule has 0 saturated heterocycles. The Morgan fingerprint density at radius 2 is 2.16 bits per heavy atom. The van der Waals surface area contributed by atoms with E-state index in [-0.39, 0.29) is 0 Å². The first-order valence-corrected chi connectivity index (χ1v) is 7.54. The van der Waals surface area contributed by atoms with Gasteiger partial charge < -0.3 is 10.1 Å². The fraction of sp³-hybridized carbons (Fsp3) is 0.417. The summed E-state index contributed by atoms with van der Waals surface area (Å²) in [7, 11) is 1.65. The van der Waals surface area contributed by atoms with Crippen LogP contribution in [-0.2, 0) is 11.3 Å². The SMILES string of the molecule is CCNc1nc(-c2nc(C)cs2)nc(COC)c1Br. The Morgan fingerprint density at radius 1 is 1.37 bits per heavy atom. The van der Waals surface area contributed by atoms with Crippen molar-refractivity contribution >= 4 is 33.1 Å². The second-order valence-corrected chi connectivity index (χ2v) is 5.56. The van der Waals surface area contributed by atoms with Gasteiger partial charge in [0, 0.05) is 24.7 Å². The van der Waals surface area contributed by atoms with E-state index in [9.17, 15) is 0 Å². The summed E-state index contributed by atoms with van der Waals surface area (Å²) in [6.07, 6.45) is 0. The van der Waals surface area contributed by atoms with Crippen LogP contribution in [-0.4, -0.2) is 28.6 Å². The van der Waals surface area contributed by atoms with Crippen LogP contribution in [0.1, 0.15) is 18.3 Å². The van der Waals surface area contributed by atoms with Crippen LogP contribution >= 0.6 is 27.3 Å². The van der Waals surface area contributed by atoms with Crippen LogP contribution in [0, 0.1) is 6.92 Å². The molecule has 0 atom stereocenters. The normalized spacial score (nSPS) is 10.7. The molecule has 19 heavy (non-hydrogen) atoms. The van der Waals surface area contributed by atoms with E-state index < -0.39 is 0 Å². The van der Waals surface area contributed by atoms with Gasteiger partial charge in [0.1, 0.15) is 5.82 Å². The molecular formula is C12H15BrN4OS. The van der Waals surface area contributed by atoms with Crippen LogP contribution in [0.15, 0.2) is 9.85 Å². The molecule has 2 aromatic heterocycles. The molecule has 102 valence electrons. The molecule has 0 aliphatic heterocycles. The summed E-state index contributed by atoms with van der Waals surface area (Å²) in [6, 6.07) is 0. The van der Waals surface area contributed by atoms with Crippen LogP contribution in [0.2, 0.25) is 0 Å². The van der Waals surface area contributed by atoms with Crippen molar-refractivity contribution in [1.29, 1.82) is 0 Å². The highest BCUT2D eigenvalue weighted by atomic mass is 79.9. The number of ether oxygens (including phenoxy) is 1. The van der Waals surface area contributed by atoms with E-state index in [0.717, 1.165) is 33.2 Å². The minimum atomic E-state index is 0.429. The second kappa shape index (κ2) is 6.40. The molecule has 0 bridgehead atoms. The van der Waals surface area contributed by atoms with Crippen molar-refractivity contribution in [3.8, 4) is 10.8 Å². The lowest BCUT2D eigenvalue weighted by molar-refractivity contribution is 0.181. The number of anilines is 1. The van der Waals surface area contributed by atoms with Crippen LogP contribution in [0.4, 0.5) is 5.82 Å². The van der Waals surface area contributed by atoms with E-state index >= 15 is 0 Å². The number of halogens is 1. The molecule has 0 amide bonds. The lowest BCUT2D eigenvalue weighted by atomic mass is 10.4. The number of aryl methyl sites for hydroxylation is 1. The molecule has 0 aliphatic rings. The van der Waals surface area contributed by atoms with E-state index in [1.54, 1.807) is 18.4 Å². The molecule has 2 heterocycles. The Morgan fingerprint density at radius 3 is 2.74 bits per heavy atom. The van der Waals surface area contributed by atoms with Gasteiger partial charge in [0.15, 0.2) is 10.8 Å². The third kappa shape index (κ3) is 3.29. The monoisotopic (exact) mass is 342 g/mol. The van der Waals surface area contributed by atoms with E-state index in [0.29, 0.717) is 12.4 Å². The zero-order valence-corrected chi connectivity index (χ0v) is 13.4. The van der Waals surface area contributed by atoms with Crippen LogP contribution < -0.4 is 5.32 Å². The number of hydrogen-bond donors (Lipinski definition) is 1. The van der Waals surface area contributed by atoms with Crippen molar-refractivity contribution in [3.63, 3.8) is 0 Å². The molecule has 0 radical (unpaired) electrons. The van der Waals surface area contributed by atoms with E-state index in [2.05, 4.69) is 36.2 Å². The molecule has 0 fully saturated rings. The van der Waals surface area contributed by atoms with Gasteiger partial charge in [0.25, 0.3) is 0 Å². The molecule has 0 saturated carbocycles. The quantitative estimate of drug-likeness (QED) is 0.903. The van der Waals surface area contributed by atoms with Gasteiger partial charge in [-0.15, -0.1) is 11.3 Å². The van der Waals surface area contributed by atoms with E-state index in [1.807, 2.05) is 19.2 Å². The third-order valence-corrected chi connectivity index (χ3v) is 4.14. The minimum Gasteiger partial charge on any atom is -0.378 e. The highest BCUT2D eigenvalue weighted by molar-refractivity contribution is 9.10. The molecular weight excluding hydrogens is 328 g/mol. The highest BCUT2D eigenvalue weighted by Gasteiger charge is 2.14. The van der Waals surface area contributed by atoms with Crippen molar-refractivity contribution in [2.75, 3.05) is 19.0 Å². The van der Waals surface area contributed by atoms with Gasteiger partial charge in [-0.1, -0.05) is 0 Å². The zero-order chi connectivity index (χ0) is 13.8. The number of nitrogens with one attached hydrogen (secondary N) is 1. The number of thiazole rings is 1. The standard InChI is InChI=1S/C12H15BrN4OS/c1-4-14-10-9(13)8(5-18-3)16-11(17-10)12-15-7(2)6-19-12/h6H,4-5H2,1-3H3,(H,14,16,17). The van der Waals surface area contributed by atoms with E-state index in [1.165, 1.54) is 0 Å². The lowest BCUT2D eigenvalue weighted by Gasteiger charge is -2.10. The van der Waals surface area contributed by atoms with Crippen molar-refractivity contribution < 1.29 is 4.74 Å². The largest absolute Gasteiger partial charge is 0.378 e. The first-order chi connectivity index (χ1) is 9.15. The minimum absolute atomic E-state index is 0.429. The lowest BCUT2D eigenvalue weighted by Crippen LogP contribution is -2.06. The Labute approximate surface area is 124 Å². The third-order valence-electron chi connectivity index (χ3n) is 2.36. The fourth-order valence-electron chi connectivity index (χ4n) is 1.56. The number of rotatable bonds is 5. The predicted molar refractivity (Wildman–Crippen MR) is 80.5 cm³/mol. The number of hydrogen-bond acceptors (Lipinski definition) is 6. The van der Waals surface area contributed by atoms with E-state index in [4.69, 9.17) is 4.74 Å². The molecule has 7 heteroatoms. The number of methoxy groups -OCH3 is 1. The Hall–Kier alpha value is -1.05. The maximum Gasteiger partial charge on any atom is 0.191 e. The van der Waals surface area contributed by atoms with Crippen molar-refractivity contribution in [2.24, 2.45) is 0 Å². The molecule has 0 aliphatic carbocycles. The van der Waals surface area contributed by atoms with Gasteiger partial charge in [0.05, 0.1) is 16.8 Å². The van der Waals surface area contributed by atoms with Crippen molar-refractivity contribution in [2.45, 2.75) is 20.5 Å². The summed E-state index contributed by atoms with van der Waals surface area (Å²) < 4.78 is 6.01. The van der Waals surface area contributed by atoms with Crippen LogP contribution in [0.3, 0.4) is 0 Å². The number of aromatic nitrogens is 3. The van der Waals surface area contributed by atoms with Crippen molar-refractivity contribution in [3.05, 3.63) is 21.2 Å². The Kier molecular flexibility index (Phi) is 4.84. The first kappa shape index (κ1) is 14.4. The van der Waals surface area contributed by atoms with Gasteiger partial charge >= 0.3 is 0 Å². The molecule has 2 rings (SSSR count). The maximum atomic E-state index is 5.17. The van der Waals surface area contributed by atoms with Gasteiger partial charge in [0.2, 0.25) is 0 Å². The zero-order valence-electron chi connectivity index (χ0n) is 11.0. The molecule has 0 spiro atoms. The topological polar surface area (TPSA) is 59.9 Å². The molecule has 2 aromatic rings.